The summed E-state index contributed by atoms with van der Waals surface area (Å²) in [7, 11) is 2.06. The van der Waals surface area contributed by atoms with E-state index in [1.807, 2.05) is 0 Å². The number of benzene rings is 1. The van der Waals surface area contributed by atoms with Crippen LogP contribution in [0.15, 0.2) is 30.5 Å². The van der Waals surface area contributed by atoms with Crippen molar-refractivity contribution in [3.05, 3.63) is 36.0 Å². The van der Waals surface area contributed by atoms with Gasteiger partial charge in [0.15, 0.2) is 0 Å². The molecule has 17 heavy (non-hydrogen) atoms. The number of rotatable bonds is 6. The molecule has 0 saturated heterocycles. The third-order valence-electron chi connectivity index (χ3n) is 3.46. The minimum Gasteiger partial charge on any atom is -0.361 e. The molecular formula is C15H22N2. The first kappa shape index (κ1) is 12.2. The lowest BCUT2D eigenvalue weighted by Gasteiger charge is -2.15. The van der Waals surface area contributed by atoms with Gasteiger partial charge in [0.25, 0.3) is 0 Å². The van der Waals surface area contributed by atoms with Gasteiger partial charge in [0, 0.05) is 23.1 Å². The molecule has 2 N–H and O–H groups in total. The Morgan fingerprint density at radius 1 is 1.29 bits per heavy atom. The Labute approximate surface area is 103 Å². The first-order chi connectivity index (χ1) is 8.35. The average molecular weight is 230 g/mol. The monoisotopic (exact) mass is 230 g/mol. The summed E-state index contributed by atoms with van der Waals surface area (Å²) in [5.74, 6) is 0. The summed E-state index contributed by atoms with van der Waals surface area (Å²) < 4.78 is 0. The molecule has 0 aliphatic carbocycles. The number of aromatic amines is 1. The standard InChI is InChI=1S/C15H22N2/c1-3-4-7-13(16-2)10-12-11-17-15-9-6-5-8-14(12)15/h5-6,8-9,11,13,16-17H,3-4,7,10H2,1-2H3. The molecule has 1 aromatic heterocycles. The van der Waals surface area contributed by atoms with Crippen molar-refractivity contribution in [2.45, 2.75) is 38.6 Å². The summed E-state index contributed by atoms with van der Waals surface area (Å²) in [5, 5.41) is 4.79. The topological polar surface area (TPSA) is 27.8 Å². The SMILES string of the molecule is CCCCC(Cc1c[nH]c2ccccc12)NC. The van der Waals surface area contributed by atoms with E-state index in [1.54, 1.807) is 0 Å². The van der Waals surface area contributed by atoms with Crippen molar-refractivity contribution >= 4 is 10.9 Å². The Morgan fingerprint density at radius 2 is 2.12 bits per heavy atom. The van der Waals surface area contributed by atoms with E-state index in [4.69, 9.17) is 0 Å². The number of H-pyrrole nitrogens is 1. The average Bonchev–Trinajstić information content (AvgIpc) is 2.78. The zero-order valence-electron chi connectivity index (χ0n) is 10.8. The molecule has 2 heteroatoms. The second-order valence-corrected chi connectivity index (χ2v) is 4.69. The molecule has 1 heterocycles. The largest absolute Gasteiger partial charge is 0.361 e. The molecule has 0 amide bonds. The summed E-state index contributed by atoms with van der Waals surface area (Å²) >= 11 is 0. The van der Waals surface area contributed by atoms with E-state index in [1.165, 1.54) is 35.7 Å². The van der Waals surface area contributed by atoms with Crippen LogP contribution in [0.5, 0.6) is 0 Å². The minimum absolute atomic E-state index is 0.592. The predicted octanol–water partition coefficient (Wildman–Crippen LogP) is 3.49. The summed E-state index contributed by atoms with van der Waals surface area (Å²) in [6.45, 7) is 2.25. The van der Waals surface area contributed by atoms with Gasteiger partial charge in [-0.3, -0.25) is 0 Å². The van der Waals surface area contributed by atoms with Crippen molar-refractivity contribution in [1.29, 1.82) is 0 Å². The number of unbranched alkanes of at least 4 members (excludes halogenated alkanes) is 1. The summed E-state index contributed by atoms with van der Waals surface area (Å²) in [6.07, 6.45) is 7.09. The van der Waals surface area contributed by atoms with Gasteiger partial charge >= 0.3 is 0 Å². The number of fused-ring (bicyclic) bond motifs is 1. The van der Waals surface area contributed by atoms with Crippen LogP contribution in [0.2, 0.25) is 0 Å². The fourth-order valence-electron chi connectivity index (χ4n) is 2.36. The van der Waals surface area contributed by atoms with Gasteiger partial charge in [-0.2, -0.15) is 0 Å². The summed E-state index contributed by atoms with van der Waals surface area (Å²) in [6, 6.07) is 9.12. The van der Waals surface area contributed by atoms with Crippen molar-refractivity contribution in [2.75, 3.05) is 7.05 Å². The molecule has 1 aromatic carbocycles. The van der Waals surface area contributed by atoms with Crippen LogP contribution in [-0.2, 0) is 6.42 Å². The normalized spacial score (nSPS) is 13.1. The second kappa shape index (κ2) is 5.87. The zero-order chi connectivity index (χ0) is 12.1. The summed E-state index contributed by atoms with van der Waals surface area (Å²) in [4.78, 5) is 3.35. The van der Waals surface area contributed by atoms with Crippen LogP contribution >= 0.6 is 0 Å². The molecule has 0 radical (unpaired) electrons. The molecule has 2 rings (SSSR count). The van der Waals surface area contributed by atoms with Crippen molar-refractivity contribution in [2.24, 2.45) is 0 Å². The molecule has 0 aliphatic rings. The first-order valence-corrected chi connectivity index (χ1v) is 6.57. The molecule has 92 valence electrons. The molecule has 0 aliphatic heterocycles. The summed E-state index contributed by atoms with van der Waals surface area (Å²) in [5.41, 5.74) is 2.67. The Balaban J connectivity index is 2.11. The molecule has 2 aromatic rings. The molecule has 0 bridgehead atoms. The molecule has 1 unspecified atom stereocenters. The maximum atomic E-state index is 3.43. The van der Waals surface area contributed by atoms with Crippen molar-refractivity contribution in [1.82, 2.24) is 10.3 Å². The highest BCUT2D eigenvalue weighted by Crippen LogP contribution is 2.20. The maximum absolute atomic E-state index is 3.43. The maximum Gasteiger partial charge on any atom is 0.0456 e. The number of para-hydroxylation sites is 1. The van der Waals surface area contributed by atoms with Crippen LogP contribution in [0.25, 0.3) is 10.9 Å². The zero-order valence-corrected chi connectivity index (χ0v) is 10.8. The smallest absolute Gasteiger partial charge is 0.0456 e. The van der Waals surface area contributed by atoms with E-state index in [0.29, 0.717) is 6.04 Å². The van der Waals surface area contributed by atoms with Gasteiger partial charge in [-0.05, 0) is 31.5 Å². The van der Waals surface area contributed by atoms with Crippen LogP contribution in [0, 0.1) is 0 Å². The lowest BCUT2D eigenvalue weighted by molar-refractivity contribution is 0.499. The van der Waals surface area contributed by atoms with Crippen molar-refractivity contribution in [3.8, 4) is 0 Å². The van der Waals surface area contributed by atoms with Gasteiger partial charge in [-0.25, -0.2) is 0 Å². The van der Waals surface area contributed by atoms with Crippen LogP contribution in [0.4, 0.5) is 0 Å². The lowest BCUT2D eigenvalue weighted by atomic mass is 10.0. The number of nitrogens with one attached hydrogen (secondary N) is 2. The van der Waals surface area contributed by atoms with Crippen LogP contribution < -0.4 is 5.32 Å². The third kappa shape index (κ3) is 2.89. The number of hydrogen-bond donors (Lipinski definition) is 2. The van der Waals surface area contributed by atoms with E-state index in [-0.39, 0.29) is 0 Å². The van der Waals surface area contributed by atoms with Crippen molar-refractivity contribution in [3.63, 3.8) is 0 Å². The van der Waals surface area contributed by atoms with Crippen LogP contribution in [-0.4, -0.2) is 18.1 Å². The molecule has 2 nitrogen and oxygen atoms in total. The Bertz CT molecular complexity index is 459. The van der Waals surface area contributed by atoms with E-state index in [9.17, 15) is 0 Å². The lowest BCUT2D eigenvalue weighted by Crippen LogP contribution is -2.27. The van der Waals surface area contributed by atoms with E-state index in [2.05, 4.69) is 54.7 Å². The third-order valence-corrected chi connectivity index (χ3v) is 3.46. The van der Waals surface area contributed by atoms with E-state index >= 15 is 0 Å². The molecule has 0 saturated carbocycles. The fraction of sp³-hybridized carbons (Fsp3) is 0.467. The Morgan fingerprint density at radius 3 is 2.88 bits per heavy atom. The number of aromatic nitrogens is 1. The quantitative estimate of drug-likeness (QED) is 0.781. The fourth-order valence-corrected chi connectivity index (χ4v) is 2.36. The molecular weight excluding hydrogens is 208 g/mol. The van der Waals surface area contributed by atoms with Gasteiger partial charge in [0.2, 0.25) is 0 Å². The molecule has 0 fully saturated rings. The highest BCUT2D eigenvalue weighted by molar-refractivity contribution is 5.83. The molecule has 0 spiro atoms. The van der Waals surface area contributed by atoms with E-state index < -0.39 is 0 Å². The van der Waals surface area contributed by atoms with Crippen molar-refractivity contribution < 1.29 is 0 Å². The van der Waals surface area contributed by atoms with Crippen LogP contribution in [0.1, 0.15) is 31.7 Å². The van der Waals surface area contributed by atoms with E-state index in [0.717, 1.165) is 6.42 Å². The highest BCUT2D eigenvalue weighted by atomic mass is 14.9. The number of hydrogen-bond acceptors (Lipinski definition) is 1. The van der Waals surface area contributed by atoms with Gasteiger partial charge in [0.1, 0.15) is 0 Å². The van der Waals surface area contributed by atoms with Gasteiger partial charge in [0.05, 0.1) is 0 Å². The Kier molecular flexibility index (Phi) is 4.21. The van der Waals surface area contributed by atoms with Gasteiger partial charge in [-0.1, -0.05) is 38.0 Å². The van der Waals surface area contributed by atoms with Gasteiger partial charge < -0.3 is 10.3 Å². The second-order valence-electron chi connectivity index (χ2n) is 4.69. The highest BCUT2D eigenvalue weighted by Gasteiger charge is 2.10. The number of likely N-dealkylation sites (N-methyl/N-ethyl adjacent to an activating group) is 1. The first-order valence-electron chi connectivity index (χ1n) is 6.57. The predicted molar refractivity (Wildman–Crippen MR) is 74.4 cm³/mol. The minimum atomic E-state index is 0.592. The van der Waals surface area contributed by atoms with Crippen LogP contribution in [0.3, 0.4) is 0 Å². The molecule has 1 atom stereocenters. The Hall–Kier alpha value is -1.28. The van der Waals surface area contributed by atoms with Gasteiger partial charge in [-0.15, -0.1) is 0 Å².